The Kier molecular flexibility index (Phi) is 1.98. The van der Waals surface area contributed by atoms with Crippen molar-refractivity contribution < 1.29 is 18.8 Å². The van der Waals surface area contributed by atoms with Crippen LogP contribution in [0, 0.1) is 0 Å². The van der Waals surface area contributed by atoms with Gasteiger partial charge in [0.1, 0.15) is 0 Å². The predicted octanol–water partition coefficient (Wildman–Crippen LogP) is -0.0681. The number of rotatable bonds is 3. The summed E-state index contributed by atoms with van der Waals surface area (Å²) < 4.78 is 24.7. The molecular formula is C5H10O3. The molecule has 0 heterocycles. The lowest BCUT2D eigenvalue weighted by molar-refractivity contribution is -0.140. The Bertz CT molecular complexity index is 146. The predicted molar refractivity (Wildman–Crippen MR) is 28.3 cm³/mol. The second-order valence-electron chi connectivity index (χ2n) is 1.06. The molecule has 0 bridgehead atoms. The molecule has 1 N–H and O–H groups in total. The van der Waals surface area contributed by atoms with Crippen LogP contribution in [-0.4, -0.2) is 24.8 Å². The van der Waals surface area contributed by atoms with Crippen LogP contribution in [0.15, 0.2) is 0 Å². The van der Waals surface area contributed by atoms with Gasteiger partial charge in [0, 0.05) is 15.7 Å². The van der Waals surface area contributed by atoms with E-state index < -0.39 is 25.3 Å². The van der Waals surface area contributed by atoms with Gasteiger partial charge in [0.05, 0.1) is 8.48 Å². The fourth-order valence-corrected chi connectivity index (χ4v) is 0.201. The molecule has 1 atom stereocenters. The molecule has 3 heteroatoms. The van der Waals surface area contributed by atoms with Crippen LogP contribution in [0.2, 0.25) is 0 Å². The molecule has 48 valence electrons. The van der Waals surface area contributed by atoms with Gasteiger partial charge in [-0.05, 0) is 6.42 Å². The summed E-state index contributed by atoms with van der Waals surface area (Å²) in [5.41, 5.74) is 0. The van der Waals surface area contributed by atoms with E-state index in [-0.39, 0.29) is 0 Å². The van der Waals surface area contributed by atoms with E-state index in [1.54, 1.807) is 0 Å². The van der Waals surface area contributed by atoms with E-state index in [0.29, 0.717) is 0 Å². The summed E-state index contributed by atoms with van der Waals surface area (Å²) in [5, 5.41) is 8.45. The number of hydrogen-bond donors (Lipinski definition) is 1. The number of aliphatic hydroxyl groups is 1. The van der Waals surface area contributed by atoms with Crippen molar-refractivity contribution in [3.63, 3.8) is 0 Å². The summed E-state index contributed by atoms with van der Waals surface area (Å²) in [7, 11) is 1.05. The first-order chi connectivity index (χ1) is 4.90. The van der Waals surface area contributed by atoms with E-state index in [1.165, 1.54) is 0 Å². The second-order valence-corrected chi connectivity index (χ2v) is 1.06. The van der Waals surface area contributed by atoms with Gasteiger partial charge in [0.2, 0.25) is 0 Å². The number of carbonyl (C=O) groups excluding carboxylic acids is 1. The van der Waals surface area contributed by atoms with Crippen LogP contribution in [0.25, 0.3) is 0 Å². The number of hydrogen-bond acceptors (Lipinski definition) is 3. The molecule has 0 aliphatic rings. The first-order valence-electron chi connectivity index (χ1n) is 3.66. The van der Waals surface area contributed by atoms with Crippen LogP contribution >= 0.6 is 0 Å². The number of methoxy groups -OCH3 is 1. The van der Waals surface area contributed by atoms with Crippen LogP contribution in [0.3, 0.4) is 0 Å². The molecule has 0 saturated carbocycles. The lowest BCUT2D eigenvalue weighted by atomic mass is 10.3. The summed E-state index contributed by atoms with van der Waals surface area (Å²) >= 11 is 0. The van der Waals surface area contributed by atoms with E-state index in [1.807, 2.05) is 0 Å². The van der Waals surface area contributed by atoms with E-state index in [4.69, 9.17) is 9.22 Å². The topological polar surface area (TPSA) is 46.5 Å². The first-order valence-corrected chi connectivity index (χ1v) is 2.09. The highest BCUT2D eigenvalue weighted by Gasteiger charge is 1.95. The van der Waals surface area contributed by atoms with Crippen LogP contribution in [0.1, 0.15) is 16.9 Å². The third-order valence-corrected chi connectivity index (χ3v) is 0.523. The van der Waals surface area contributed by atoms with E-state index in [0.717, 1.165) is 7.11 Å². The number of esters is 1. The molecule has 0 spiro atoms. The van der Waals surface area contributed by atoms with Crippen molar-refractivity contribution >= 4 is 5.97 Å². The summed E-state index contributed by atoms with van der Waals surface area (Å²) in [6.45, 7) is -1.59. The van der Waals surface area contributed by atoms with Crippen molar-refractivity contribution in [1.29, 1.82) is 0 Å². The monoisotopic (exact) mass is 121 g/mol. The van der Waals surface area contributed by atoms with Crippen molar-refractivity contribution in [2.75, 3.05) is 13.7 Å². The van der Waals surface area contributed by atoms with Gasteiger partial charge in [0.25, 0.3) is 0 Å². The van der Waals surface area contributed by atoms with Gasteiger partial charge in [-0.1, -0.05) is 0 Å². The summed E-state index contributed by atoms with van der Waals surface area (Å²) in [4.78, 5) is 10.6. The van der Waals surface area contributed by atoms with Crippen molar-refractivity contribution in [1.82, 2.24) is 0 Å². The first kappa shape index (κ1) is 3.45. The maximum atomic E-state index is 10.6. The Morgan fingerprint density at radius 3 is 3.00 bits per heavy atom. The van der Waals surface area contributed by atoms with Crippen LogP contribution < -0.4 is 0 Å². The van der Waals surface area contributed by atoms with Gasteiger partial charge in [-0.3, -0.25) is 4.79 Å². The normalized spacial score (nSPS) is 20.0. The second kappa shape index (κ2) is 4.59. The quantitative estimate of drug-likeness (QED) is 0.532. The summed E-state index contributed by atoms with van der Waals surface area (Å²) in [6, 6.07) is 0. The van der Waals surface area contributed by atoms with Crippen LogP contribution in [-0.2, 0) is 9.53 Å². The SMILES string of the molecule is [2H][C@@H](O)CC([2H])([2H])C(=O)OC. The molecule has 0 amide bonds. The standard InChI is InChI=1S/C5H10O3/c1-8-5(7)3-2-4-6/h6H,2-4H2,1H3/i3D2,4D/t4-/m1/s1. The van der Waals surface area contributed by atoms with Gasteiger partial charge >= 0.3 is 5.97 Å². The van der Waals surface area contributed by atoms with E-state index >= 15 is 0 Å². The van der Waals surface area contributed by atoms with E-state index in [2.05, 4.69) is 4.74 Å². The van der Waals surface area contributed by atoms with Gasteiger partial charge in [-0.2, -0.15) is 0 Å². The molecule has 0 saturated heterocycles. The Morgan fingerprint density at radius 1 is 2.00 bits per heavy atom. The molecule has 0 radical (unpaired) electrons. The van der Waals surface area contributed by atoms with Crippen LogP contribution in [0.4, 0.5) is 0 Å². The molecule has 0 aliphatic heterocycles. The zero-order valence-corrected chi connectivity index (χ0v) is 4.55. The van der Waals surface area contributed by atoms with Crippen molar-refractivity contribution in [3.8, 4) is 0 Å². The molecule has 0 unspecified atom stereocenters. The van der Waals surface area contributed by atoms with Crippen molar-refractivity contribution in [2.24, 2.45) is 0 Å². The van der Waals surface area contributed by atoms with Crippen molar-refractivity contribution in [3.05, 3.63) is 0 Å². The maximum absolute atomic E-state index is 10.6. The fraction of sp³-hybridized carbons (Fsp3) is 0.800. The summed E-state index contributed by atoms with van der Waals surface area (Å²) in [6.07, 6.45) is -2.84. The highest BCUT2D eigenvalue weighted by Crippen LogP contribution is 1.87. The third-order valence-electron chi connectivity index (χ3n) is 0.523. The molecule has 0 rings (SSSR count). The average Bonchev–Trinajstić information content (AvgIpc) is 1.83. The molecule has 0 aliphatic carbocycles. The average molecular weight is 121 g/mol. The zero-order chi connectivity index (χ0) is 9.07. The molecule has 3 nitrogen and oxygen atoms in total. The van der Waals surface area contributed by atoms with Crippen LogP contribution in [0.5, 0.6) is 0 Å². The molecule has 0 aromatic carbocycles. The lowest BCUT2D eigenvalue weighted by Crippen LogP contribution is -2.00. The number of aliphatic hydroxyl groups excluding tert-OH is 1. The van der Waals surface area contributed by atoms with Gasteiger partial charge in [0.15, 0.2) is 0 Å². The maximum Gasteiger partial charge on any atom is 0.305 e. The largest absolute Gasteiger partial charge is 0.469 e. The Labute approximate surface area is 52.5 Å². The Hall–Kier alpha value is -0.570. The molecular weight excluding hydrogens is 108 g/mol. The van der Waals surface area contributed by atoms with Crippen molar-refractivity contribution in [2.45, 2.75) is 12.8 Å². The summed E-state index contributed by atoms with van der Waals surface area (Å²) in [5.74, 6) is -1.07. The molecule has 8 heavy (non-hydrogen) atoms. The minimum atomic E-state index is -2.27. The molecule has 0 aromatic rings. The number of carbonyl (C=O) groups is 1. The third kappa shape index (κ3) is 3.61. The van der Waals surface area contributed by atoms with Gasteiger partial charge < -0.3 is 9.84 Å². The van der Waals surface area contributed by atoms with Gasteiger partial charge in [-0.15, -0.1) is 0 Å². The Balaban J connectivity index is 4.09. The smallest absolute Gasteiger partial charge is 0.305 e. The fourth-order valence-electron chi connectivity index (χ4n) is 0.201. The minimum absolute atomic E-state index is 0.570. The zero-order valence-electron chi connectivity index (χ0n) is 7.55. The van der Waals surface area contributed by atoms with E-state index in [9.17, 15) is 4.79 Å². The highest BCUT2D eigenvalue weighted by atomic mass is 16.5. The Morgan fingerprint density at radius 2 is 2.62 bits per heavy atom. The molecule has 0 fully saturated rings. The van der Waals surface area contributed by atoms with Gasteiger partial charge in [-0.25, -0.2) is 0 Å². The lowest BCUT2D eigenvalue weighted by Gasteiger charge is -1.93. The minimum Gasteiger partial charge on any atom is -0.469 e. The molecule has 0 aromatic heterocycles. The number of ether oxygens (including phenoxy) is 1. The highest BCUT2D eigenvalue weighted by molar-refractivity contribution is 5.68.